The predicted molar refractivity (Wildman–Crippen MR) is 67.5 cm³/mol. The minimum Gasteiger partial charge on any atom is -0.389 e. The molecule has 2 nitrogen and oxygen atoms in total. The summed E-state index contributed by atoms with van der Waals surface area (Å²) in [5.74, 6) is 0. The van der Waals surface area contributed by atoms with Gasteiger partial charge in [0.25, 0.3) is 0 Å². The summed E-state index contributed by atoms with van der Waals surface area (Å²) in [4.78, 5) is 0. The molecule has 0 amide bonds. The van der Waals surface area contributed by atoms with Crippen molar-refractivity contribution in [3.8, 4) is 0 Å². The van der Waals surface area contributed by atoms with Gasteiger partial charge in [-0.2, -0.15) is 0 Å². The highest BCUT2D eigenvalue weighted by molar-refractivity contribution is 5.23. The zero-order valence-electron chi connectivity index (χ0n) is 10.4. The fraction of sp³-hybridized carbons (Fsp3) is 0.733. The van der Waals surface area contributed by atoms with E-state index < -0.39 is 11.2 Å². The van der Waals surface area contributed by atoms with Gasteiger partial charge in [0.15, 0.2) is 0 Å². The van der Waals surface area contributed by atoms with Crippen LogP contribution in [-0.2, 0) is 0 Å². The first-order valence-corrected chi connectivity index (χ1v) is 6.87. The average Bonchev–Trinajstić information content (AvgIpc) is 2.51. The van der Waals surface area contributed by atoms with E-state index in [1.54, 1.807) is 0 Å². The molecule has 0 aromatic rings. The van der Waals surface area contributed by atoms with Crippen LogP contribution in [-0.4, -0.2) is 21.4 Å². The predicted octanol–water partition coefficient (Wildman–Crippen LogP) is 2.71. The van der Waals surface area contributed by atoms with Crippen molar-refractivity contribution in [3.63, 3.8) is 0 Å². The molecule has 3 rings (SSSR count). The Hall–Kier alpha value is -0.600. The van der Waals surface area contributed by atoms with Gasteiger partial charge < -0.3 is 10.2 Å². The lowest BCUT2D eigenvalue weighted by atomic mass is 9.58. The van der Waals surface area contributed by atoms with Gasteiger partial charge in [-0.25, -0.2) is 0 Å². The van der Waals surface area contributed by atoms with Gasteiger partial charge in [0.05, 0.1) is 11.2 Å². The van der Waals surface area contributed by atoms with E-state index in [1.807, 2.05) is 0 Å². The fourth-order valence-electron chi connectivity index (χ4n) is 4.38. The van der Waals surface area contributed by atoms with Crippen LogP contribution in [0.25, 0.3) is 0 Å². The Balaban J connectivity index is 2.06. The van der Waals surface area contributed by atoms with Crippen molar-refractivity contribution in [2.45, 2.75) is 62.6 Å². The van der Waals surface area contributed by atoms with Crippen LogP contribution in [0.2, 0.25) is 0 Å². The van der Waals surface area contributed by atoms with Crippen molar-refractivity contribution in [3.05, 3.63) is 24.3 Å². The van der Waals surface area contributed by atoms with E-state index in [0.29, 0.717) is 0 Å². The standard InChI is InChI=1S/C15H22O2/c16-14-9-4-2-1-3-7-13(14)8-5-6-10-15(13,17)12-11-14/h1-2,5-6,16-17H,3-4,7-12H2/b2-1-/t13-,14+,15-/m1/s1. The van der Waals surface area contributed by atoms with Crippen LogP contribution in [0.15, 0.2) is 24.3 Å². The van der Waals surface area contributed by atoms with E-state index >= 15 is 0 Å². The molecule has 0 heterocycles. The van der Waals surface area contributed by atoms with Crippen molar-refractivity contribution in [2.24, 2.45) is 5.41 Å². The lowest BCUT2D eigenvalue weighted by Crippen LogP contribution is -2.56. The van der Waals surface area contributed by atoms with Gasteiger partial charge in [-0.3, -0.25) is 0 Å². The zero-order chi connectivity index (χ0) is 12.0. The minimum atomic E-state index is -0.665. The van der Waals surface area contributed by atoms with Crippen LogP contribution < -0.4 is 0 Å². The molecule has 3 aliphatic carbocycles. The second-order valence-electron chi connectivity index (χ2n) is 6.07. The molecular formula is C15H22O2. The van der Waals surface area contributed by atoms with Crippen LogP contribution >= 0.6 is 0 Å². The Morgan fingerprint density at radius 2 is 1.29 bits per heavy atom. The maximum Gasteiger partial charge on any atom is 0.0769 e. The highest BCUT2D eigenvalue weighted by atomic mass is 16.3. The molecule has 2 N–H and O–H groups in total. The smallest absolute Gasteiger partial charge is 0.0769 e. The van der Waals surface area contributed by atoms with Gasteiger partial charge in [0.2, 0.25) is 0 Å². The molecule has 0 unspecified atom stereocenters. The topological polar surface area (TPSA) is 40.5 Å². The first-order chi connectivity index (χ1) is 8.12. The van der Waals surface area contributed by atoms with Crippen LogP contribution in [0.1, 0.15) is 51.4 Å². The summed E-state index contributed by atoms with van der Waals surface area (Å²) in [6.07, 6.45) is 15.4. The minimum absolute atomic E-state index is 0.292. The lowest BCUT2D eigenvalue weighted by molar-refractivity contribution is -0.159. The molecule has 1 saturated carbocycles. The van der Waals surface area contributed by atoms with E-state index in [4.69, 9.17) is 0 Å². The highest BCUT2D eigenvalue weighted by Crippen LogP contribution is 2.62. The molecule has 3 aliphatic rings. The monoisotopic (exact) mass is 234 g/mol. The summed E-state index contributed by atoms with van der Waals surface area (Å²) in [6.45, 7) is 0. The molecule has 0 aromatic carbocycles. The molecule has 0 radical (unpaired) electrons. The third-order valence-corrected chi connectivity index (χ3v) is 5.45. The number of allylic oxidation sites excluding steroid dienone is 3. The molecule has 3 atom stereocenters. The van der Waals surface area contributed by atoms with E-state index in [2.05, 4.69) is 24.3 Å². The summed E-state index contributed by atoms with van der Waals surface area (Å²) >= 11 is 0. The molecule has 0 bridgehead atoms. The third-order valence-electron chi connectivity index (χ3n) is 5.45. The maximum absolute atomic E-state index is 11.0. The Kier molecular flexibility index (Phi) is 2.50. The first kappa shape index (κ1) is 11.5. The summed E-state index contributed by atoms with van der Waals surface area (Å²) in [5.41, 5.74) is -1.61. The van der Waals surface area contributed by atoms with Gasteiger partial charge in [0.1, 0.15) is 0 Å². The Bertz CT molecular complexity index is 373. The second kappa shape index (κ2) is 3.69. The van der Waals surface area contributed by atoms with Crippen LogP contribution in [0.3, 0.4) is 0 Å². The Labute approximate surface area is 103 Å². The number of aliphatic hydroxyl groups is 2. The van der Waals surface area contributed by atoms with Gasteiger partial charge in [-0.1, -0.05) is 24.3 Å². The van der Waals surface area contributed by atoms with Crippen molar-refractivity contribution in [1.82, 2.24) is 0 Å². The SMILES string of the molecule is O[C@]12CC/C=C\CC[C@@]13CC=CC[C@@]3(O)CC2. The van der Waals surface area contributed by atoms with E-state index in [0.717, 1.165) is 51.4 Å². The van der Waals surface area contributed by atoms with E-state index in [1.165, 1.54) is 0 Å². The molecule has 0 aliphatic heterocycles. The summed E-state index contributed by atoms with van der Waals surface area (Å²) < 4.78 is 0. The van der Waals surface area contributed by atoms with Gasteiger partial charge in [-0.15, -0.1) is 0 Å². The quantitative estimate of drug-likeness (QED) is 0.633. The second-order valence-corrected chi connectivity index (χ2v) is 6.07. The molecule has 1 spiro atoms. The van der Waals surface area contributed by atoms with Crippen LogP contribution in [0.4, 0.5) is 0 Å². The van der Waals surface area contributed by atoms with E-state index in [-0.39, 0.29) is 5.41 Å². The Morgan fingerprint density at radius 3 is 2.12 bits per heavy atom. The summed E-state index contributed by atoms with van der Waals surface area (Å²) in [5, 5.41) is 22.0. The first-order valence-electron chi connectivity index (χ1n) is 6.87. The molecule has 94 valence electrons. The summed E-state index contributed by atoms with van der Waals surface area (Å²) in [6, 6.07) is 0. The van der Waals surface area contributed by atoms with Crippen molar-refractivity contribution in [2.75, 3.05) is 0 Å². The molecule has 0 saturated heterocycles. The summed E-state index contributed by atoms with van der Waals surface area (Å²) in [7, 11) is 0. The maximum atomic E-state index is 11.0. The average molecular weight is 234 g/mol. The largest absolute Gasteiger partial charge is 0.389 e. The lowest BCUT2D eigenvalue weighted by Gasteiger charge is -2.51. The zero-order valence-corrected chi connectivity index (χ0v) is 10.4. The normalized spacial score (nSPS) is 51.2. The number of rotatable bonds is 0. The van der Waals surface area contributed by atoms with Crippen molar-refractivity contribution < 1.29 is 10.2 Å². The fourth-order valence-corrected chi connectivity index (χ4v) is 4.38. The van der Waals surface area contributed by atoms with Crippen LogP contribution in [0.5, 0.6) is 0 Å². The van der Waals surface area contributed by atoms with Gasteiger partial charge in [0, 0.05) is 5.41 Å². The number of hydrogen-bond donors (Lipinski definition) is 2. The van der Waals surface area contributed by atoms with Gasteiger partial charge >= 0.3 is 0 Å². The molecule has 1 fully saturated rings. The molecule has 2 heteroatoms. The van der Waals surface area contributed by atoms with E-state index in [9.17, 15) is 10.2 Å². The van der Waals surface area contributed by atoms with Crippen LogP contribution in [0, 0.1) is 5.41 Å². The molecular weight excluding hydrogens is 212 g/mol. The Morgan fingerprint density at radius 1 is 0.647 bits per heavy atom. The molecule has 17 heavy (non-hydrogen) atoms. The van der Waals surface area contributed by atoms with Crippen molar-refractivity contribution >= 4 is 0 Å². The number of hydrogen-bond acceptors (Lipinski definition) is 2. The molecule has 0 aromatic heterocycles. The highest BCUT2D eigenvalue weighted by Gasteiger charge is 2.65. The third kappa shape index (κ3) is 1.40. The van der Waals surface area contributed by atoms with Crippen molar-refractivity contribution in [1.29, 1.82) is 0 Å². The van der Waals surface area contributed by atoms with Gasteiger partial charge in [-0.05, 0) is 51.4 Å².